The van der Waals surface area contributed by atoms with Crippen molar-refractivity contribution in [1.29, 1.82) is 0 Å². The average molecular weight is 1280 g/mol. The molecular weight excluding hydrogens is 1200 g/mol. The highest BCUT2D eigenvalue weighted by atomic mass is 35.5. The van der Waals surface area contributed by atoms with Gasteiger partial charge >= 0.3 is 17.9 Å². The van der Waals surface area contributed by atoms with Gasteiger partial charge in [-0.05, 0) is 175 Å². The van der Waals surface area contributed by atoms with Crippen molar-refractivity contribution in [2.45, 2.75) is 115 Å². The van der Waals surface area contributed by atoms with Gasteiger partial charge in [-0.3, -0.25) is 14.4 Å². The summed E-state index contributed by atoms with van der Waals surface area (Å²) in [5.74, 6) is 2.13. The number of hydrogen-bond donors (Lipinski definition) is 3. The second kappa shape index (κ2) is 31.9. The van der Waals surface area contributed by atoms with Crippen molar-refractivity contribution in [3.8, 4) is 17.2 Å². The Balaban J connectivity index is 0.000000162. The molecule has 0 saturated carbocycles. The lowest BCUT2D eigenvalue weighted by Crippen LogP contribution is -2.15. The molecule has 0 amide bonds. The van der Waals surface area contributed by atoms with E-state index in [1.807, 2.05) is 157 Å². The summed E-state index contributed by atoms with van der Waals surface area (Å²) >= 11 is 18.0. The summed E-state index contributed by atoms with van der Waals surface area (Å²) in [5.41, 5.74) is 9.97. The molecule has 0 spiro atoms. The van der Waals surface area contributed by atoms with Gasteiger partial charge in [0, 0.05) is 73.4 Å². The van der Waals surface area contributed by atoms with Gasteiger partial charge in [0.05, 0.1) is 56.3 Å². The molecule has 3 heterocycles. The molecule has 16 nitrogen and oxygen atoms in total. The molecule has 9 aromatic rings. The predicted octanol–water partition coefficient (Wildman–Crippen LogP) is 15.1. The third-order valence-corrected chi connectivity index (χ3v) is 16.8. The van der Waals surface area contributed by atoms with Crippen molar-refractivity contribution >= 4 is 52.7 Å². The van der Waals surface area contributed by atoms with Crippen LogP contribution in [0.4, 0.5) is 0 Å². The lowest BCUT2D eigenvalue weighted by atomic mass is 9.94. The highest BCUT2D eigenvalue weighted by Crippen LogP contribution is 2.40. The first kappa shape index (κ1) is 67.5. The molecule has 3 aliphatic carbocycles. The first-order valence-corrected chi connectivity index (χ1v) is 30.9. The van der Waals surface area contributed by atoms with Crippen LogP contribution in [-0.2, 0) is 64.3 Å². The van der Waals surface area contributed by atoms with Crippen molar-refractivity contribution < 1.29 is 48.7 Å². The molecule has 3 unspecified atom stereocenters. The SMILES string of the molecule is C.CCOC(=O)C[C@@H](c1ccc(O)cc1)c1nccn1C.CCOC(=O)C[C@@H](c1ccc(OC2CCc3cc(Cl)ccc32)cc1)c1nccn1C.Cn1ccnc1[C@@H](CC(=O)O)c1ccc(OC2CCc3cc(Cl)ccc32)cc1.OC1CCc2cc(Cl)ccc21. The molecule has 0 saturated heterocycles. The van der Waals surface area contributed by atoms with Gasteiger partial charge in [-0.1, -0.05) is 96.8 Å². The van der Waals surface area contributed by atoms with Gasteiger partial charge in [-0.2, -0.15) is 0 Å². The third-order valence-electron chi connectivity index (χ3n) is 16.1. The summed E-state index contributed by atoms with van der Waals surface area (Å²) in [7, 11) is 5.70. The van der Waals surface area contributed by atoms with Crippen LogP contribution >= 0.6 is 34.8 Å². The standard InChI is InChI=1S/C24H25ClN2O3.C22H21ClN2O3.C15H18N2O3.C9H9ClO.CH4/c1-3-29-23(28)15-21(24-26-12-13-27(24)2)16-4-8-19(9-5-16)30-22-11-6-17-14-18(25)7-10-20(17)22;1-25-11-10-24-22(25)19(13-21(26)27)14-2-6-17(7-3-14)28-20-9-4-15-12-16(23)5-8-18(15)20;1-3-20-14(19)10-13(15-16-8-9-17(15)2)11-4-6-12(18)7-5-11;10-7-2-3-8-6(5-7)1-4-9(8)11;/h4-5,7-10,12-14,21-22H,3,6,11,15H2,1-2H3;2-3,5-8,10-12,19-20H,4,9,13H2,1H3,(H,26,27);4-9,13,18H,3,10H2,1-2H3;2-3,5,9,11H,1,4H2;1H4/t21-,22?;19-,20?;13-;;/m000../s1. The molecule has 0 fully saturated rings. The highest BCUT2D eigenvalue weighted by Gasteiger charge is 2.29. The number of imidazole rings is 3. The van der Waals surface area contributed by atoms with Crippen LogP contribution in [0, 0.1) is 0 Å². The Morgan fingerprint density at radius 1 is 0.511 bits per heavy atom. The molecular formula is C71H77Cl3N6O10. The largest absolute Gasteiger partial charge is 0.508 e. The predicted molar refractivity (Wildman–Crippen MR) is 349 cm³/mol. The van der Waals surface area contributed by atoms with Crippen LogP contribution in [0.15, 0.2) is 165 Å². The second-order valence-corrected chi connectivity index (χ2v) is 23.4. The number of aliphatic hydroxyl groups excluding tert-OH is 1. The van der Waals surface area contributed by atoms with Crippen molar-refractivity contribution in [2.75, 3.05) is 13.2 Å². The monoisotopic (exact) mass is 1280 g/mol. The van der Waals surface area contributed by atoms with Crippen LogP contribution in [0.2, 0.25) is 15.1 Å². The number of carbonyl (C=O) groups is 3. The van der Waals surface area contributed by atoms with Crippen LogP contribution in [0.1, 0.15) is 163 Å². The maximum absolute atomic E-state index is 12.2. The number of aryl methyl sites for hydroxylation is 6. The number of aliphatic hydroxyl groups is 1. The summed E-state index contributed by atoms with van der Waals surface area (Å²) in [4.78, 5) is 48.4. The van der Waals surface area contributed by atoms with E-state index in [4.69, 9.17) is 53.8 Å². The fraction of sp³-hybridized carbons (Fsp3) is 0.324. The number of benzene rings is 6. The number of aliphatic carboxylic acids is 1. The lowest BCUT2D eigenvalue weighted by Gasteiger charge is -2.18. The van der Waals surface area contributed by atoms with E-state index in [2.05, 4.69) is 21.0 Å². The van der Waals surface area contributed by atoms with E-state index in [9.17, 15) is 29.7 Å². The number of carboxylic acid groups (broad SMARTS) is 1. The number of carbonyl (C=O) groups excluding carboxylic acids is 2. The number of nitrogens with zero attached hydrogens (tertiary/aromatic N) is 6. The molecule has 6 aromatic carbocycles. The topological polar surface area (TPSA) is 202 Å². The van der Waals surface area contributed by atoms with Gasteiger partial charge in [-0.15, -0.1) is 0 Å². The zero-order valence-electron chi connectivity index (χ0n) is 50.3. The van der Waals surface area contributed by atoms with E-state index in [1.54, 1.807) is 49.8 Å². The van der Waals surface area contributed by atoms with Crippen molar-refractivity contribution in [1.82, 2.24) is 28.7 Å². The van der Waals surface area contributed by atoms with E-state index >= 15 is 0 Å². The Labute approximate surface area is 541 Å². The summed E-state index contributed by atoms with van der Waals surface area (Å²) in [6.45, 7) is 4.33. The Bertz CT molecular complexity index is 3830. The number of aromatic hydroxyl groups is 1. The summed E-state index contributed by atoms with van der Waals surface area (Å²) in [5, 5.41) is 30.4. The smallest absolute Gasteiger partial charge is 0.306 e. The molecule has 0 aliphatic heterocycles. The van der Waals surface area contributed by atoms with E-state index in [1.165, 1.54) is 27.8 Å². The zero-order valence-corrected chi connectivity index (χ0v) is 52.6. The fourth-order valence-corrected chi connectivity index (χ4v) is 12.2. The number of rotatable bonds is 18. The average Bonchev–Trinajstić information content (AvgIpc) is 1.80. The summed E-state index contributed by atoms with van der Waals surface area (Å²) in [6, 6.07) is 40.0. The molecule has 0 radical (unpaired) electrons. The Morgan fingerprint density at radius 2 is 0.856 bits per heavy atom. The van der Waals surface area contributed by atoms with E-state index in [-0.39, 0.29) is 80.4 Å². The molecule has 6 atom stereocenters. The normalized spacial score (nSPS) is 15.9. The molecule has 3 aromatic heterocycles. The Hall–Kier alpha value is -8.41. The summed E-state index contributed by atoms with van der Waals surface area (Å²) in [6.07, 6.45) is 16.5. The van der Waals surface area contributed by atoms with Crippen molar-refractivity contribution in [3.05, 3.63) is 247 Å². The molecule has 0 bridgehead atoms. The Morgan fingerprint density at radius 3 is 1.21 bits per heavy atom. The van der Waals surface area contributed by atoms with Crippen LogP contribution in [0.5, 0.6) is 17.2 Å². The number of fused-ring (bicyclic) bond motifs is 3. The number of esters is 2. The van der Waals surface area contributed by atoms with Gasteiger partial charge in [0.25, 0.3) is 0 Å². The van der Waals surface area contributed by atoms with Crippen molar-refractivity contribution in [2.24, 2.45) is 21.1 Å². The van der Waals surface area contributed by atoms with Crippen LogP contribution in [0.3, 0.4) is 0 Å². The number of hydrogen-bond acceptors (Lipinski definition) is 12. The minimum atomic E-state index is -0.852. The maximum Gasteiger partial charge on any atom is 0.306 e. The highest BCUT2D eigenvalue weighted by molar-refractivity contribution is 6.31. The maximum atomic E-state index is 12.2. The van der Waals surface area contributed by atoms with Gasteiger partial charge < -0.3 is 48.0 Å². The zero-order chi connectivity index (χ0) is 63.1. The first-order valence-electron chi connectivity index (χ1n) is 29.7. The molecule has 3 N–H and O–H groups in total. The van der Waals surface area contributed by atoms with Crippen LogP contribution in [0.25, 0.3) is 0 Å². The minimum absolute atomic E-state index is 0. The van der Waals surface area contributed by atoms with Crippen LogP contribution in [-0.4, -0.2) is 75.1 Å². The number of aromatic nitrogens is 6. The second-order valence-electron chi connectivity index (χ2n) is 22.1. The number of carboxylic acids is 1. The lowest BCUT2D eigenvalue weighted by molar-refractivity contribution is -0.144. The fourth-order valence-electron chi connectivity index (χ4n) is 11.7. The van der Waals surface area contributed by atoms with Gasteiger partial charge in [-0.25, -0.2) is 15.0 Å². The summed E-state index contributed by atoms with van der Waals surface area (Å²) < 4.78 is 28.3. The molecule has 90 heavy (non-hydrogen) atoms. The van der Waals surface area contributed by atoms with Gasteiger partial charge in [0.15, 0.2) is 0 Å². The first-order chi connectivity index (χ1) is 42.9. The van der Waals surface area contributed by atoms with Crippen LogP contribution < -0.4 is 9.47 Å². The molecule has 3 aliphatic rings. The Kier molecular flexibility index (Phi) is 23.9. The quantitative estimate of drug-likeness (QED) is 0.0686. The van der Waals surface area contributed by atoms with E-state index < -0.39 is 5.97 Å². The number of phenolic OH excluding ortho intramolecular Hbond substituents is 1. The number of phenols is 1. The minimum Gasteiger partial charge on any atom is -0.508 e. The third kappa shape index (κ3) is 17.5. The van der Waals surface area contributed by atoms with E-state index in [0.717, 1.165) is 105 Å². The van der Waals surface area contributed by atoms with E-state index in [0.29, 0.717) is 13.2 Å². The number of ether oxygens (including phenoxy) is 4. The van der Waals surface area contributed by atoms with Crippen molar-refractivity contribution in [3.63, 3.8) is 0 Å². The molecule has 19 heteroatoms. The number of halogens is 3. The molecule has 12 rings (SSSR count). The van der Waals surface area contributed by atoms with Gasteiger partial charge in [0.2, 0.25) is 0 Å². The van der Waals surface area contributed by atoms with Gasteiger partial charge in [0.1, 0.15) is 46.9 Å². The molecule has 472 valence electrons.